The smallest absolute Gasteiger partial charge is 0.0454 e. The minimum Gasteiger partial charge on any atom is -0.326 e. The molecule has 0 spiro atoms. The lowest BCUT2D eigenvalue weighted by atomic mass is 10.1. The highest BCUT2D eigenvalue weighted by Crippen LogP contribution is 2.21. The molecule has 1 aromatic carbocycles. The first-order valence-electron chi connectivity index (χ1n) is 5.41. The van der Waals surface area contributed by atoms with Gasteiger partial charge in [-0.3, -0.25) is 4.90 Å². The van der Waals surface area contributed by atoms with E-state index in [1.54, 1.807) is 0 Å². The highest BCUT2D eigenvalue weighted by molar-refractivity contribution is 6.31. The molecule has 0 bridgehead atoms. The van der Waals surface area contributed by atoms with Gasteiger partial charge in [0.2, 0.25) is 0 Å². The average molecular weight is 227 g/mol. The summed E-state index contributed by atoms with van der Waals surface area (Å²) >= 11 is 6.18. The number of hydrogen-bond acceptors (Lipinski definition) is 2. The lowest BCUT2D eigenvalue weighted by molar-refractivity contribution is 0.295. The van der Waals surface area contributed by atoms with E-state index in [-0.39, 0.29) is 0 Å². The first-order valence-corrected chi connectivity index (χ1v) is 5.79. The molecule has 0 aromatic heterocycles. The zero-order valence-electron chi connectivity index (χ0n) is 9.46. The van der Waals surface area contributed by atoms with Crippen molar-refractivity contribution in [2.75, 3.05) is 13.1 Å². The Bertz CT molecular complexity index is 308. The molecule has 1 rings (SSSR count). The van der Waals surface area contributed by atoms with Crippen LogP contribution in [0.25, 0.3) is 0 Å². The molecule has 0 aliphatic heterocycles. The summed E-state index contributed by atoms with van der Waals surface area (Å²) in [6, 6.07) is 5.93. The molecule has 2 N–H and O–H groups in total. The minimum atomic E-state index is 0.553. The maximum absolute atomic E-state index is 6.18. The maximum atomic E-state index is 6.18. The predicted molar refractivity (Wildman–Crippen MR) is 66.0 cm³/mol. The number of rotatable bonds is 5. The van der Waals surface area contributed by atoms with E-state index in [1.807, 2.05) is 18.2 Å². The van der Waals surface area contributed by atoms with E-state index in [1.165, 1.54) is 5.56 Å². The van der Waals surface area contributed by atoms with E-state index in [9.17, 15) is 0 Å². The number of nitrogens with zero attached hydrogens (tertiary/aromatic N) is 1. The summed E-state index contributed by atoms with van der Waals surface area (Å²) in [6.07, 6.45) is 0. The Morgan fingerprint density at radius 2 is 1.93 bits per heavy atom. The van der Waals surface area contributed by atoms with E-state index in [0.717, 1.165) is 30.2 Å². The highest BCUT2D eigenvalue weighted by Gasteiger charge is 2.08. The van der Waals surface area contributed by atoms with Crippen LogP contribution in [0.3, 0.4) is 0 Å². The van der Waals surface area contributed by atoms with Gasteiger partial charge in [-0.1, -0.05) is 37.6 Å². The summed E-state index contributed by atoms with van der Waals surface area (Å²) in [5.74, 6) is 0. The van der Waals surface area contributed by atoms with Gasteiger partial charge in [0.1, 0.15) is 0 Å². The van der Waals surface area contributed by atoms with Crippen molar-refractivity contribution in [2.24, 2.45) is 5.73 Å². The van der Waals surface area contributed by atoms with Gasteiger partial charge in [-0.25, -0.2) is 0 Å². The largest absolute Gasteiger partial charge is 0.326 e. The normalized spacial score (nSPS) is 11.0. The molecule has 0 heterocycles. The number of nitrogens with two attached hydrogens (primary N) is 1. The molecule has 0 aliphatic carbocycles. The van der Waals surface area contributed by atoms with Crippen LogP contribution < -0.4 is 5.73 Å². The summed E-state index contributed by atoms with van der Waals surface area (Å²) < 4.78 is 0. The summed E-state index contributed by atoms with van der Waals surface area (Å²) in [5, 5.41) is 0.824. The van der Waals surface area contributed by atoms with Crippen LogP contribution in [0.1, 0.15) is 25.0 Å². The zero-order valence-corrected chi connectivity index (χ0v) is 10.2. The molecule has 3 heteroatoms. The molecule has 1 aromatic rings. The van der Waals surface area contributed by atoms with Crippen LogP contribution in [0.2, 0.25) is 5.02 Å². The van der Waals surface area contributed by atoms with Gasteiger partial charge in [0.05, 0.1) is 0 Å². The fourth-order valence-electron chi connectivity index (χ4n) is 1.64. The van der Waals surface area contributed by atoms with Crippen molar-refractivity contribution in [3.8, 4) is 0 Å². The quantitative estimate of drug-likeness (QED) is 0.837. The topological polar surface area (TPSA) is 29.3 Å². The second kappa shape index (κ2) is 6.11. The summed E-state index contributed by atoms with van der Waals surface area (Å²) in [6.45, 7) is 7.82. The maximum Gasteiger partial charge on any atom is 0.0454 e. The Hall–Kier alpha value is -0.570. The Morgan fingerprint density at radius 3 is 2.47 bits per heavy atom. The van der Waals surface area contributed by atoms with Gasteiger partial charge in [0, 0.05) is 18.1 Å². The molecular weight excluding hydrogens is 208 g/mol. The van der Waals surface area contributed by atoms with E-state index < -0.39 is 0 Å². The van der Waals surface area contributed by atoms with Crippen LogP contribution >= 0.6 is 11.6 Å². The lowest BCUT2D eigenvalue weighted by Crippen LogP contribution is -2.23. The van der Waals surface area contributed by atoms with Crippen LogP contribution in [-0.4, -0.2) is 18.0 Å². The molecule has 0 atom stereocenters. The molecule has 0 saturated carbocycles. The zero-order chi connectivity index (χ0) is 11.3. The van der Waals surface area contributed by atoms with E-state index in [2.05, 4.69) is 18.7 Å². The third kappa shape index (κ3) is 3.20. The molecule has 0 aliphatic rings. The van der Waals surface area contributed by atoms with E-state index >= 15 is 0 Å². The van der Waals surface area contributed by atoms with Crippen molar-refractivity contribution in [2.45, 2.75) is 26.9 Å². The third-order valence-corrected chi connectivity index (χ3v) is 3.07. The standard InChI is InChI=1S/C12H19ClN2/c1-3-15(4-2)9-11-10(8-14)6-5-7-12(11)13/h5-7H,3-4,8-9,14H2,1-2H3. The molecular formula is C12H19ClN2. The van der Waals surface area contributed by atoms with E-state index in [4.69, 9.17) is 17.3 Å². The Morgan fingerprint density at radius 1 is 1.27 bits per heavy atom. The first-order chi connectivity index (χ1) is 7.22. The first kappa shape index (κ1) is 12.5. The SMILES string of the molecule is CCN(CC)Cc1c(Cl)cccc1CN. The van der Waals surface area contributed by atoms with Crippen LogP contribution in [-0.2, 0) is 13.1 Å². The summed E-state index contributed by atoms with van der Waals surface area (Å²) in [4.78, 5) is 2.33. The van der Waals surface area contributed by atoms with Crippen LogP contribution in [0.5, 0.6) is 0 Å². The predicted octanol–water partition coefficient (Wildman–Crippen LogP) is 2.64. The fourth-order valence-corrected chi connectivity index (χ4v) is 1.90. The van der Waals surface area contributed by atoms with Crippen LogP contribution in [0.15, 0.2) is 18.2 Å². The monoisotopic (exact) mass is 226 g/mol. The Balaban J connectivity index is 2.91. The van der Waals surface area contributed by atoms with Crippen LogP contribution in [0, 0.1) is 0 Å². The second-order valence-electron chi connectivity index (χ2n) is 3.54. The molecule has 0 unspecified atom stereocenters. The van der Waals surface area contributed by atoms with Crippen molar-refractivity contribution in [1.82, 2.24) is 4.90 Å². The number of benzene rings is 1. The Kier molecular flexibility index (Phi) is 5.09. The van der Waals surface area contributed by atoms with Gasteiger partial charge in [-0.15, -0.1) is 0 Å². The second-order valence-corrected chi connectivity index (χ2v) is 3.95. The van der Waals surface area contributed by atoms with E-state index in [0.29, 0.717) is 6.54 Å². The van der Waals surface area contributed by atoms with Crippen molar-refractivity contribution < 1.29 is 0 Å². The van der Waals surface area contributed by atoms with Gasteiger partial charge >= 0.3 is 0 Å². The molecule has 15 heavy (non-hydrogen) atoms. The average Bonchev–Trinajstić information content (AvgIpc) is 2.27. The molecule has 84 valence electrons. The molecule has 2 nitrogen and oxygen atoms in total. The van der Waals surface area contributed by atoms with Crippen molar-refractivity contribution in [1.29, 1.82) is 0 Å². The van der Waals surface area contributed by atoms with Gasteiger partial charge in [0.15, 0.2) is 0 Å². The third-order valence-electron chi connectivity index (χ3n) is 2.71. The summed E-state index contributed by atoms with van der Waals surface area (Å²) in [5.41, 5.74) is 8.02. The molecule has 0 saturated heterocycles. The molecule has 0 radical (unpaired) electrons. The van der Waals surface area contributed by atoms with Gasteiger partial charge in [-0.05, 0) is 30.3 Å². The number of hydrogen-bond donors (Lipinski definition) is 1. The number of halogens is 1. The van der Waals surface area contributed by atoms with Crippen molar-refractivity contribution in [3.05, 3.63) is 34.3 Å². The highest BCUT2D eigenvalue weighted by atomic mass is 35.5. The minimum absolute atomic E-state index is 0.553. The molecule has 0 amide bonds. The lowest BCUT2D eigenvalue weighted by Gasteiger charge is -2.20. The van der Waals surface area contributed by atoms with Crippen molar-refractivity contribution >= 4 is 11.6 Å². The van der Waals surface area contributed by atoms with Gasteiger partial charge in [-0.2, -0.15) is 0 Å². The molecule has 0 fully saturated rings. The fraction of sp³-hybridized carbons (Fsp3) is 0.500. The summed E-state index contributed by atoms with van der Waals surface area (Å²) in [7, 11) is 0. The Labute approximate surface area is 97.0 Å². The van der Waals surface area contributed by atoms with Gasteiger partial charge < -0.3 is 5.73 Å². The van der Waals surface area contributed by atoms with Crippen LogP contribution in [0.4, 0.5) is 0 Å². The van der Waals surface area contributed by atoms with Gasteiger partial charge in [0.25, 0.3) is 0 Å². The van der Waals surface area contributed by atoms with Crippen molar-refractivity contribution in [3.63, 3.8) is 0 Å².